The van der Waals surface area contributed by atoms with Crippen LogP contribution in [0.1, 0.15) is 38.2 Å². The summed E-state index contributed by atoms with van der Waals surface area (Å²) in [5.41, 5.74) is 3.30. The Morgan fingerprint density at radius 1 is 1.04 bits per heavy atom. The summed E-state index contributed by atoms with van der Waals surface area (Å²) in [7, 11) is 0. The molecule has 1 saturated carbocycles. The third kappa shape index (κ3) is 2.72. The summed E-state index contributed by atoms with van der Waals surface area (Å²) < 4.78 is 0.274. The molecule has 1 spiro atoms. The monoisotopic (exact) mass is 342 g/mol. The van der Waals surface area contributed by atoms with Crippen LogP contribution in [-0.2, 0) is 4.79 Å². The number of fused-ring (bicyclic) bond motifs is 1. The van der Waals surface area contributed by atoms with Crippen molar-refractivity contribution in [2.45, 2.75) is 36.7 Å². The number of thioether (sulfide) groups is 2. The zero-order valence-electron chi connectivity index (χ0n) is 13.5. The van der Waals surface area contributed by atoms with Gasteiger partial charge in [0.2, 0.25) is 0 Å². The molecule has 1 saturated heterocycles. The summed E-state index contributed by atoms with van der Waals surface area (Å²) >= 11 is 4.17. The van der Waals surface area contributed by atoms with Crippen molar-refractivity contribution < 1.29 is 4.79 Å². The molecule has 2 aliphatic carbocycles. The van der Waals surface area contributed by atoms with Gasteiger partial charge in [-0.2, -0.15) is 0 Å². The molecule has 3 heteroatoms. The molecule has 1 aromatic carbocycles. The average Bonchev–Trinajstić information content (AvgIpc) is 3.02. The molecule has 0 bridgehead atoms. The van der Waals surface area contributed by atoms with E-state index in [0.717, 1.165) is 36.8 Å². The maximum Gasteiger partial charge on any atom is 0.168 e. The van der Waals surface area contributed by atoms with Crippen LogP contribution in [0.15, 0.2) is 47.6 Å². The Balaban J connectivity index is 1.65. The average molecular weight is 343 g/mol. The first-order chi connectivity index (χ1) is 11.1. The van der Waals surface area contributed by atoms with Crippen LogP contribution in [0.25, 0.3) is 6.08 Å². The summed E-state index contributed by atoms with van der Waals surface area (Å²) in [5.74, 6) is 2.86. The van der Waals surface area contributed by atoms with Gasteiger partial charge in [-0.15, -0.1) is 23.5 Å². The second-order valence-corrected chi connectivity index (χ2v) is 10.0. The second-order valence-electron chi connectivity index (χ2n) is 6.92. The smallest absolute Gasteiger partial charge is 0.168 e. The molecule has 1 aliphatic heterocycles. The quantitative estimate of drug-likeness (QED) is 0.507. The molecular weight excluding hydrogens is 320 g/mol. The maximum absolute atomic E-state index is 13.2. The number of carbonyl (C=O) groups excluding carboxylic acids is 1. The lowest BCUT2D eigenvalue weighted by Crippen LogP contribution is -2.40. The largest absolute Gasteiger partial charge is 0.294 e. The molecule has 120 valence electrons. The number of hydrogen-bond donors (Lipinski definition) is 0. The van der Waals surface area contributed by atoms with Gasteiger partial charge in [0.1, 0.15) is 0 Å². The third-order valence-corrected chi connectivity index (χ3v) is 8.85. The first-order valence-corrected chi connectivity index (χ1v) is 10.4. The van der Waals surface area contributed by atoms with E-state index in [9.17, 15) is 4.79 Å². The summed E-state index contributed by atoms with van der Waals surface area (Å²) in [6, 6.07) is 10.2. The Morgan fingerprint density at radius 2 is 1.78 bits per heavy atom. The van der Waals surface area contributed by atoms with Crippen molar-refractivity contribution in [1.82, 2.24) is 0 Å². The van der Waals surface area contributed by atoms with Crippen molar-refractivity contribution in [3.8, 4) is 0 Å². The number of allylic oxidation sites excluding steroid dienone is 2. The summed E-state index contributed by atoms with van der Waals surface area (Å²) in [4.78, 5) is 13.2. The summed E-state index contributed by atoms with van der Waals surface area (Å²) in [5, 5.41) is 0. The minimum atomic E-state index is -0.256. The van der Waals surface area contributed by atoms with Crippen LogP contribution >= 0.6 is 23.5 Å². The van der Waals surface area contributed by atoms with E-state index >= 15 is 0 Å². The molecule has 0 N–H and O–H groups in total. The van der Waals surface area contributed by atoms with Gasteiger partial charge >= 0.3 is 0 Å². The van der Waals surface area contributed by atoms with Crippen molar-refractivity contribution >= 4 is 35.4 Å². The van der Waals surface area contributed by atoms with Gasteiger partial charge in [-0.25, -0.2) is 0 Å². The fourth-order valence-corrected chi connectivity index (χ4v) is 7.15. The van der Waals surface area contributed by atoms with Crippen LogP contribution < -0.4 is 0 Å². The molecule has 0 amide bonds. The standard InChI is InChI=1S/C20H22OS2/c1-19-9-10-20(22-11-12-23-20)14-17(19)8-7-16(18(19)21)13-15-5-3-2-4-6-15/h2-6,13-14H,7-12H2,1H3/b16-13+. The van der Waals surface area contributed by atoms with Gasteiger partial charge in [0, 0.05) is 11.5 Å². The highest BCUT2D eigenvalue weighted by molar-refractivity contribution is 8.21. The highest BCUT2D eigenvalue weighted by atomic mass is 32.2. The first kappa shape index (κ1) is 15.6. The lowest BCUT2D eigenvalue weighted by molar-refractivity contribution is -0.123. The van der Waals surface area contributed by atoms with Crippen LogP contribution in [0.4, 0.5) is 0 Å². The molecular formula is C20H22OS2. The van der Waals surface area contributed by atoms with Crippen LogP contribution in [0, 0.1) is 5.41 Å². The molecule has 1 unspecified atom stereocenters. The van der Waals surface area contributed by atoms with Crippen molar-refractivity contribution in [2.24, 2.45) is 5.41 Å². The van der Waals surface area contributed by atoms with E-state index in [1.165, 1.54) is 17.1 Å². The van der Waals surface area contributed by atoms with Gasteiger partial charge in [-0.05, 0) is 49.8 Å². The molecule has 4 rings (SSSR count). The van der Waals surface area contributed by atoms with Gasteiger partial charge in [0.05, 0.1) is 9.49 Å². The number of ketones is 1. The number of benzene rings is 1. The summed E-state index contributed by atoms with van der Waals surface area (Å²) in [6.45, 7) is 2.18. The van der Waals surface area contributed by atoms with Crippen molar-refractivity contribution in [3.63, 3.8) is 0 Å². The molecule has 0 radical (unpaired) electrons. The Bertz CT molecular complexity index is 683. The third-order valence-electron chi connectivity index (χ3n) is 5.45. The lowest BCUT2D eigenvalue weighted by atomic mass is 9.63. The molecule has 3 aliphatic rings. The predicted octanol–water partition coefficient (Wildman–Crippen LogP) is 5.34. The van der Waals surface area contributed by atoms with E-state index in [4.69, 9.17) is 0 Å². The van der Waals surface area contributed by atoms with Gasteiger partial charge in [0.25, 0.3) is 0 Å². The van der Waals surface area contributed by atoms with Crippen LogP contribution in [0.2, 0.25) is 0 Å². The lowest BCUT2D eigenvalue weighted by Gasteiger charge is -2.44. The fraction of sp³-hybridized carbons (Fsp3) is 0.450. The zero-order valence-corrected chi connectivity index (χ0v) is 15.1. The van der Waals surface area contributed by atoms with Crippen molar-refractivity contribution in [3.05, 3.63) is 53.1 Å². The number of hydrogen-bond acceptors (Lipinski definition) is 3. The number of rotatable bonds is 1. The van der Waals surface area contributed by atoms with Crippen molar-refractivity contribution in [1.29, 1.82) is 0 Å². The second kappa shape index (κ2) is 5.86. The Kier molecular flexibility index (Phi) is 3.97. The number of carbonyl (C=O) groups is 1. The van der Waals surface area contributed by atoms with E-state index in [1.807, 2.05) is 18.2 Å². The Morgan fingerprint density at radius 3 is 2.52 bits per heavy atom. The summed E-state index contributed by atoms with van der Waals surface area (Å²) in [6.07, 6.45) is 8.64. The molecule has 1 atom stereocenters. The molecule has 23 heavy (non-hydrogen) atoms. The normalized spacial score (nSPS) is 31.3. The fourth-order valence-electron chi connectivity index (χ4n) is 4.01. The van der Waals surface area contributed by atoms with E-state index in [1.54, 1.807) is 0 Å². The minimum Gasteiger partial charge on any atom is -0.294 e. The van der Waals surface area contributed by atoms with E-state index < -0.39 is 0 Å². The molecule has 2 fully saturated rings. The van der Waals surface area contributed by atoms with Crippen LogP contribution in [0.3, 0.4) is 0 Å². The highest BCUT2D eigenvalue weighted by Crippen LogP contribution is 2.57. The molecule has 1 nitrogen and oxygen atoms in total. The van der Waals surface area contributed by atoms with Gasteiger partial charge in [-0.1, -0.05) is 42.0 Å². The maximum atomic E-state index is 13.2. The predicted molar refractivity (Wildman–Crippen MR) is 102 cm³/mol. The van der Waals surface area contributed by atoms with E-state index in [0.29, 0.717) is 5.78 Å². The van der Waals surface area contributed by atoms with Gasteiger partial charge < -0.3 is 0 Å². The van der Waals surface area contributed by atoms with Gasteiger partial charge in [-0.3, -0.25) is 4.79 Å². The van der Waals surface area contributed by atoms with Crippen LogP contribution in [-0.4, -0.2) is 21.4 Å². The van der Waals surface area contributed by atoms with E-state index in [2.05, 4.69) is 54.7 Å². The zero-order chi connectivity index (χ0) is 15.9. The first-order valence-electron chi connectivity index (χ1n) is 8.42. The molecule has 0 aromatic heterocycles. The SMILES string of the molecule is CC12CCC3(C=C1CC/C(=C\c1ccccc1)C2=O)SCCS3. The van der Waals surface area contributed by atoms with Crippen molar-refractivity contribution in [2.75, 3.05) is 11.5 Å². The minimum absolute atomic E-state index is 0.256. The van der Waals surface area contributed by atoms with Gasteiger partial charge in [0.15, 0.2) is 5.78 Å². The van der Waals surface area contributed by atoms with Crippen LogP contribution in [0.5, 0.6) is 0 Å². The number of Topliss-reactive ketones (excluding diaryl/α,β-unsaturated/α-hetero) is 1. The van der Waals surface area contributed by atoms with E-state index in [-0.39, 0.29) is 9.49 Å². The Labute approximate surface area is 147 Å². The Hall–Kier alpha value is -0.930. The molecule has 1 heterocycles. The topological polar surface area (TPSA) is 17.1 Å². The highest BCUT2D eigenvalue weighted by Gasteiger charge is 2.48. The molecule has 1 aromatic rings.